The Hall–Kier alpha value is -2.14. The van der Waals surface area contributed by atoms with Crippen LogP contribution >= 0.6 is 20.2 Å². The van der Waals surface area contributed by atoms with E-state index in [0.29, 0.717) is 25.7 Å². The number of hydrogen-bond acceptors (Lipinski definition) is 4. The van der Waals surface area contributed by atoms with Crippen molar-refractivity contribution in [1.82, 2.24) is 24.5 Å². The van der Waals surface area contributed by atoms with Gasteiger partial charge in [0.25, 0.3) is 5.91 Å². The first-order valence-corrected chi connectivity index (χ1v) is 11.7. The van der Waals surface area contributed by atoms with Crippen molar-refractivity contribution in [2.24, 2.45) is 0 Å². The van der Waals surface area contributed by atoms with Crippen LogP contribution in [0.2, 0.25) is 5.02 Å². The van der Waals surface area contributed by atoms with E-state index in [1.54, 1.807) is 6.08 Å². The number of amides is 1. The number of nitrogens with zero attached hydrogens (tertiary/aromatic N) is 4. The highest BCUT2D eigenvalue weighted by atomic mass is 35.5. The van der Waals surface area contributed by atoms with Crippen LogP contribution in [0.5, 0.6) is 0 Å². The van der Waals surface area contributed by atoms with Crippen LogP contribution in [-0.4, -0.2) is 56.0 Å². The molecule has 8 heteroatoms. The summed E-state index contributed by atoms with van der Waals surface area (Å²) in [6.07, 6.45) is 12.1. The number of fused-ring (bicyclic) bond motifs is 2. The number of aryl methyl sites for hydroxylation is 1. The number of halogens is 1. The van der Waals surface area contributed by atoms with Crippen molar-refractivity contribution >= 4 is 37.1 Å². The number of nitrogens with one attached hydrogen (secondary N) is 1. The molecule has 30 heavy (non-hydrogen) atoms. The van der Waals surface area contributed by atoms with Crippen molar-refractivity contribution in [2.75, 3.05) is 13.1 Å². The van der Waals surface area contributed by atoms with E-state index in [1.165, 1.54) is 0 Å². The smallest absolute Gasteiger partial charge is 0.252 e. The standard InChI is InChI=1S/C22H25ClN5OP/c1-13-8-26(9-14(2)24-13)17-4-5-21-28(12-17)20(29)7-19(30-21)16-6-18(23)22-25-15(3)10-27(22)11-16/h4-7,10-14,21,24,30H,8-9H2,1-3H3/t13-,14+,21?. The zero-order valence-corrected chi connectivity index (χ0v) is 19.0. The Bertz CT molecular complexity index is 1110. The second-order valence-corrected chi connectivity index (χ2v) is 10.2. The minimum Gasteiger partial charge on any atom is -0.367 e. The van der Waals surface area contributed by atoms with Crippen LogP contribution in [0.1, 0.15) is 25.1 Å². The van der Waals surface area contributed by atoms with Crippen LogP contribution in [0, 0.1) is 6.92 Å². The van der Waals surface area contributed by atoms with Gasteiger partial charge in [-0.2, -0.15) is 0 Å². The molecule has 3 aliphatic rings. The third kappa shape index (κ3) is 3.58. The Kier molecular flexibility index (Phi) is 4.97. The first-order valence-electron chi connectivity index (χ1n) is 10.2. The van der Waals surface area contributed by atoms with Crippen molar-refractivity contribution in [3.05, 3.63) is 64.9 Å². The number of imidazole rings is 1. The molecule has 0 saturated carbocycles. The molecule has 1 amide bonds. The predicted octanol–water partition coefficient (Wildman–Crippen LogP) is 3.58. The maximum Gasteiger partial charge on any atom is 0.252 e. The monoisotopic (exact) mass is 441 g/mol. The Morgan fingerprint density at radius 2 is 2.00 bits per heavy atom. The minimum atomic E-state index is 0.0184. The van der Waals surface area contributed by atoms with E-state index in [0.717, 1.165) is 41.0 Å². The summed E-state index contributed by atoms with van der Waals surface area (Å²) in [5.41, 5.74) is 3.75. The highest BCUT2D eigenvalue weighted by Crippen LogP contribution is 2.45. The zero-order valence-electron chi connectivity index (χ0n) is 17.3. The third-order valence-corrected chi connectivity index (χ3v) is 7.49. The fourth-order valence-corrected chi connectivity index (χ4v) is 6.10. The molecule has 1 fully saturated rings. The van der Waals surface area contributed by atoms with E-state index in [1.807, 2.05) is 40.9 Å². The van der Waals surface area contributed by atoms with Gasteiger partial charge in [-0.25, -0.2) is 4.98 Å². The molecule has 1 saturated heterocycles. The van der Waals surface area contributed by atoms with E-state index in [4.69, 9.17) is 11.6 Å². The average molecular weight is 442 g/mol. The first kappa shape index (κ1) is 19.8. The molecular formula is C22H25ClN5OP. The SMILES string of the molecule is Cc1cn2cc(C3=CC(=O)N4C=C(N5C[C@@H](C)N[C@@H](C)C5)C=CC4P3)cc(Cl)c2n1. The van der Waals surface area contributed by atoms with Crippen LogP contribution in [0.3, 0.4) is 0 Å². The summed E-state index contributed by atoms with van der Waals surface area (Å²) in [6.45, 7) is 8.23. The molecule has 5 heterocycles. The summed E-state index contributed by atoms with van der Waals surface area (Å²) in [6, 6.07) is 2.78. The molecule has 1 N–H and O–H groups in total. The molecule has 0 aliphatic carbocycles. The van der Waals surface area contributed by atoms with Gasteiger partial charge in [0, 0.05) is 55.4 Å². The second kappa shape index (κ2) is 7.52. The lowest BCUT2D eigenvalue weighted by molar-refractivity contribution is -0.123. The summed E-state index contributed by atoms with van der Waals surface area (Å²) >= 11 is 6.46. The normalized spacial score (nSPS) is 27.5. The topological polar surface area (TPSA) is 52.9 Å². The van der Waals surface area contributed by atoms with E-state index >= 15 is 0 Å². The number of carbonyl (C=O) groups excluding carboxylic acids is 1. The van der Waals surface area contributed by atoms with Crippen LogP contribution in [0.15, 0.2) is 48.6 Å². The van der Waals surface area contributed by atoms with Gasteiger partial charge in [0.05, 0.1) is 22.2 Å². The van der Waals surface area contributed by atoms with Gasteiger partial charge >= 0.3 is 0 Å². The number of piperazine rings is 1. The first-order chi connectivity index (χ1) is 14.4. The van der Waals surface area contributed by atoms with Gasteiger partial charge in [0.15, 0.2) is 5.65 Å². The van der Waals surface area contributed by atoms with E-state index in [2.05, 4.69) is 41.2 Å². The molecule has 4 atom stereocenters. The van der Waals surface area contributed by atoms with Crippen molar-refractivity contribution in [3.63, 3.8) is 0 Å². The average Bonchev–Trinajstić information content (AvgIpc) is 3.08. The molecular weight excluding hydrogens is 417 g/mol. The third-order valence-electron chi connectivity index (χ3n) is 5.71. The molecule has 2 aromatic heterocycles. The predicted molar refractivity (Wildman–Crippen MR) is 123 cm³/mol. The van der Waals surface area contributed by atoms with Crippen molar-refractivity contribution < 1.29 is 4.79 Å². The summed E-state index contributed by atoms with van der Waals surface area (Å²) < 4.78 is 1.94. The van der Waals surface area contributed by atoms with E-state index < -0.39 is 0 Å². The molecule has 5 rings (SSSR count). The van der Waals surface area contributed by atoms with Gasteiger partial charge in [-0.3, -0.25) is 4.79 Å². The van der Waals surface area contributed by atoms with E-state index in [-0.39, 0.29) is 11.7 Å². The number of allylic oxidation sites excluding steroid dienone is 1. The lowest BCUT2D eigenvalue weighted by Crippen LogP contribution is -2.54. The molecule has 156 valence electrons. The Balaban J connectivity index is 1.43. The summed E-state index contributed by atoms with van der Waals surface area (Å²) in [5, 5.41) is 5.19. The number of aromatic nitrogens is 2. The van der Waals surface area contributed by atoms with Crippen LogP contribution in [0.25, 0.3) is 11.0 Å². The largest absolute Gasteiger partial charge is 0.367 e. The van der Waals surface area contributed by atoms with E-state index in [9.17, 15) is 4.79 Å². The van der Waals surface area contributed by atoms with Crippen molar-refractivity contribution in [1.29, 1.82) is 0 Å². The Morgan fingerprint density at radius 1 is 1.23 bits per heavy atom. The fraction of sp³-hybridized carbons (Fsp3) is 0.364. The lowest BCUT2D eigenvalue weighted by Gasteiger charge is -2.41. The quantitative estimate of drug-likeness (QED) is 0.724. The Morgan fingerprint density at radius 3 is 2.77 bits per heavy atom. The highest BCUT2D eigenvalue weighted by Gasteiger charge is 2.31. The molecule has 3 aliphatic heterocycles. The van der Waals surface area contributed by atoms with Gasteiger partial charge in [0.1, 0.15) is 0 Å². The summed E-state index contributed by atoms with van der Waals surface area (Å²) in [7, 11) is 0.461. The molecule has 2 unspecified atom stereocenters. The maximum absolute atomic E-state index is 13.0. The van der Waals surface area contributed by atoms with Gasteiger partial charge < -0.3 is 19.5 Å². The molecule has 0 spiro atoms. The van der Waals surface area contributed by atoms with Gasteiger partial charge in [-0.1, -0.05) is 26.3 Å². The number of carbonyl (C=O) groups is 1. The Labute approximate surface area is 183 Å². The van der Waals surface area contributed by atoms with Crippen LogP contribution in [0.4, 0.5) is 0 Å². The van der Waals surface area contributed by atoms with Crippen LogP contribution < -0.4 is 5.32 Å². The molecule has 0 bridgehead atoms. The van der Waals surface area contributed by atoms with Gasteiger partial charge in [-0.15, -0.1) is 0 Å². The highest BCUT2D eigenvalue weighted by molar-refractivity contribution is 7.51. The number of rotatable bonds is 2. The van der Waals surface area contributed by atoms with Crippen molar-refractivity contribution in [2.45, 2.75) is 38.6 Å². The van der Waals surface area contributed by atoms with Crippen molar-refractivity contribution in [3.8, 4) is 0 Å². The maximum atomic E-state index is 13.0. The fourth-order valence-electron chi connectivity index (χ4n) is 4.48. The van der Waals surface area contributed by atoms with Crippen LogP contribution in [-0.2, 0) is 4.79 Å². The molecule has 6 nitrogen and oxygen atoms in total. The second-order valence-electron chi connectivity index (χ2n) is 8.37. The number of hydrogen-bond donors (Lipinski definition) is 1. The molecule has 0 aromatic carbocycles. The number of pyridine rings is 1. The zero-order chi connectivity index (χ0) is 21.0. The minimum absolute atomic E-state index is 0.0184. The molecule has 0 radical (unpaired) electrons. The summed E-state index contributed by atoms with van der Waals surface area (Å²) in [5.74, 6) is 0.0721. The van der Waals surface area contributed by atoms with Gasteiger partial charge in [-0.05, 0) is 38.2 Å². The van der Waals surface area contributed by atoms with Gasteiger partial charge in [0.2, 0.25) is 0 Å². The summed E-state index contributed by atoms with van der Waals surface area (Å²) in [4.78, 5) is 21.7. The lowest BCUT2D eigenvalue weighted by atomic mass is 10.1. The molecule has 2 aromatic rings.